The maximum atomic E-state index is 13.3. The lowest BCUT2D eigenvalue weighted by atomic mass is 9.93. The normalized spacial score (nSPS) is 32.1. The van der Waals surface area contributed by atoms with Crippen molar-refractivity contribution < 1.29 is 33.2 Å². The zero-order valence-corrected chi connectivity index (χ0v) is 20.7. The predicted molar refractivity (Wildman–Crippen MR) is 125 cm³/mol. The molecule has 0 N–H and O–H groups in total. The molecule has 6 atom stereocenters. The van der Waals surface area contributed by atoms with Gasteiger partial charge in [-0.1, -0.05) is 38.3 Å². The molecule has 0 aromatic carbocycles. The topological polar surface area (TPSA) is 72.5 Å². The van der Waals surface area contributed by atoms with Crippen LogP contribution in [0.25, 0.3) is 0 Å². The van der Waals surface area contributed by atoms with Gasteiger partial charge in [-0.3, -0.25) is 4.79 Å². The third-order valence-electron chi connectivity index (χ3n) is 6.93. The molecule has 0 aromatic heterocycles. The minimum Gasteiger partial charge on any atom is -0.355 e. The fourth-order valence-corrected chi connectivity index (χ4v) is 5.07. The van der Waals surface area contributed by atoms with E-state index in [1.807, 2.05) is 0 Å². The molecule has 0 spiro atoms. The van der Waals surface area contributed by atoms with Crippen LogP contribution >= 0.6 is 0 Å². The summed E-state index contributed by atoms with van der Waals surface area (Å²) in [7, 11) is 3.16. The molecular weight excluding hydrogens is 424 g/mol. The summed E-state index contributed by atoms with van der Waals surface area (Å²) in [4.78, 5) is 13.3. The molecule has 0 aromatic rings. The van der Waals surface area contributed by atoms with Crippen LogP contribution in [0.3, 0.4) is 0 Å². The Kier molecular flexibility index (Phi) is 11.8. The summed E-state index contributed by atoms with van der Waals surface area (Å²) in [5, 5.41) is 0. The molecule has 7 heteroatoms. The van der Waals surface area contributed by atoms with Crippen molar-refractivity contribution in [3.05, 3.63) is 12.2 Å². The van der Waals surface area contributed by atoms with Gasteiger partial charge in [0, 0.05) is 27.4 Å². The summed E-state index contributed by atoms with van der Waals surface area (Å²) in [6.07, 6.45) is 13.8. The van der Waals surface area contributed by atoms with E-state index in [4.69, 9.17) is 28.4 Å². The van der Waals surface area contributed by atoms with Crippen molar-refractivity contribution in [2.45, 2.75) is 109 Å². The largest absolute Gasteiger partial charge is 0.355 e. The number of allylic oxidation sites excluding steroid dienone is 1. The smallest absolute Gasteiger partial charge is 0.170 e. The minimum atomic E-state index is -0.603. The molecule has 2 aliphatic heterocycles. The Labute approximate surface area is 199 Å². The highest BCUT2D eigenvalue weighted by atomic mass is 16.7. The Hall–Kier alpha value is -0.830. The lowest BCUT2D eigenvalue weighted by molar-refractivity contribution is -0.192. The first-order chi connectivity index (χ1) is 16.2. The number of hydrogen-bond donors (Lipinski definition) is 0. The van der Waals surface area contributed by atoms with Crippen LogP contribution in [0.15, 0.2) is 12.2 Å². The molecule has 1 saturated carbocycles. The highest BCUT2D eigenvalue weighted by Crippen LogP contribution is 2.37. The molecule has 2 saturated heterocycles. The summed E-state index contributed by atoms with van der Waals surface area (Å²) in [6.45, 7) is 3.66. The van der Waals surface area contributed by atoms with Gasteiger partial charge in [-0.05, 0) is 57.3 Å². The molecule has 6 unspecified atom stereocenters. The predicted octanol–water partition coefficient (Wildman–Crippen LogP) is 4.77. The first kappa shape index (κ1) is 26.8. The van der Waals surface area contributed by atoms with Crippen LogP contribution in [0.4, 0.5) is 0 Å². The Morgan fingerprint density at radius 3 is 2.30 bits per heavy atom. The van der Waals surface area contributed by atoms with Gasteiger partial charge in [0.1, 0.15) is 6.10 Å². The highest BCUT2D eigenvalue weighted by molar-refractivity contribution is 5.88. The molecule has 1 aliphatic carbocycles. The van der Waals surface area contributed by atoms with E-state index in [2.05, 4.69) is 19.1 Å². The number of methoxy groups -OCH3 is 2. The lowest BCUT2D eigenvalue weighted by Crippen LogP contribution is -2.36. The Morgan fingerprint density at radius 2 is 1.70 bits per heavy atom. The molecule has 3 rings (SSSR count). The summed E-state index contributed by atoms with van der Waals surface area (Å²) < 4.78 is 35.0. The average Bonchev–Trinajstić information content (AvgIpc) is 3.14. The second-order valence-electron chi connectivity index (χ2n) is 9.44. The van der Waals surface area contributed by atoms with Crippen molar-refractivity contribution in [3.8, 4) is 0 Å². The number of carbonyl (C=O) groups excluding carboxylic acids is 1. The Morgan fingerprint density at radius 1 is 1.00 bits per heavy atom. The first-order valence-corrected chi connectivity index (χ1v) is 13.0. The maximum Gasteiger partial charge on any atom is 0.170 e. The number of hydrogen-bond acceptors (Lipinski definition) is 7. The zero-order valence-electron chi connectivity index (χ0n) is 20.7. The van der Waals surface area contributed by atoms with E-state index >= 15 is 0 Å². The SMILES string of the molecule is CCCCCC(/C=C/C1CC(OC2CCCCO2)C(=O)C1C(OC)OC)OC1CCCCO1. The number of carbonyl (C=O) groups is 1. The van der Waals surface area contributed by atoms with Gasteiger partial charge in [0.2, 0.25) is 0 Å². The van der Waals surface area contributed by atoms with Gasteiger partial charge in [-0.15, -0.1) is 0 Å². The molecule has 7 nitrogen and oxygen atoms in total. The van der Waals surface area contributed by atoms with Crippen molar-refractivity contribution >= 4 is 5.78 Å². The van der Waals surface area contributed by atoms with Crippen molar-refractivity contribution in [1.82, 2.24) is 0 Å². The molecule has 33 heavy (non-hydrogen) atoms. The standard InChI is InChI=1S/C26H44O7/c1-4-5-6-11-20(32-22-12-7-9-16-30-22)15-14-19-18-21(33-23-13-8-10-17-31-23)25(27)24(19)26(28-2)29-3/h14-15,19-24,26H,4-13,16-18H2,1-3H3/b15-14+. The van der Waals surface area contributed by atoms with Gasteiger partial charge >= 0.3 is 0 Å². The van der Waals surface area contributed by atoms with Crippen molar-refractivity contribution in [1.29, 1.82) is 0 Å². The molecule has 3 fully saturated rings. The van der Waals surface area contributed by atoms with Gasteiger partial charge in [-0.2, -0.15) is 0 Å². The lowest BCUT2D eigenvalue weighted by Gasteiger charge is -2.27. The molecule has 0 amide bonds. The number of Topliss-reactive ketones (excluding diaryl/α,β-unsaturated/α-hetero) is 1. The summed E-state index contributed by atoms with van der Waals surface area (Å²) in [6, 6.07) is 0. The summed E-state index contributed by atoms with van der Waals surface area (Å²) in [5.74, 6) is -0.417. The van der Waals surface area contributed by atoms with Gasteiger partial charge in [0.15, 0.2) is 24.7 Å². The van der Waals surface area contributed by atoms with Crippen LogP contribution in [0.5, 0.6) is 0 Å². The summed E-state index contributed by atoms with van der Waals surface area (Å²) >= 11 is 0. The number of rotatable bonds is 13. The maximum absolute atomic E-state index is 13.3. The monoisotopic (exact) mass is 468 g/mol. The van der Waals surface area contributed by atoms with Gasteiger partial charge < -0.3 is 28.4 Å². The van der Waals surface area contributed by atoms with Crippen LogP contribution < -0.4 is 0 Å². The fraction of sp³-hybridized carbons (Fsp3) is 0.885. The first-order valence-electron chi connectivity index (χ1n) is 13.0. The number of unbranched alkanes of at least 4 members (excludes halogenated alkanes) is 2. The average molecular weight is 469 g/mol. The van der Waals surface area contributed by atoms with E-state index in [1.54, 1.807) is 14.2 Å². The number of ether oxygens (including phenoxy) is 6. The summed E-state index contributed by atoms with van der Waals surface area (Å²) in [5.41, 5.74) is 0. The third kappa shape index (κ3) is 8.11. The molecule has 0 radical (unpaired) electrons. The highest BCUT2D eigenvalue weighted by Gasteiger charge is 2.47. The molecule has 190 valence electrons. The number of ketones is 1. The van der Waals surface area contributed by atoms with Crippen LogP contribution in [-0.4, -0.2) is 64.3 Å². The van der Waals surface area contributed by atoms with Crippen molar-refractivity contribution in [3.63, 3.8) is 0 Å². The van der Waals surface area contributed by atoms with E-state index in [1.165, 1.54) is 12.8 Å². The fourth-order valence-electron chi connectivity index (χ4n) is 5.07. The van der Waals surface area contributed by atoms with E-state index < -0.39 is 18.3 Å². The molecular formula is C26H44O7. The molecule has 2 heterocycles. The van der Waals surface area contributed by atoms with Crippen LogP contribution in [-0.2, 0) is 33.2 Å². The minimum absolute atomic E-state index is 0.0272. The zero-order chi connectivity index (χ0) is 23.5. The van der Waals surface area contributed by atoms with Crippen molar-refractivity contribution in [2.75, 3.05) is 27.4 Å². The third-order valence-corrected chi connectivity index (χ3v) is 6.93. The van der Waals surface area contributed by atoms with E-state index in [0.29, 0.717) is 13.0 Å². The quantitative estimate of drug-likeness (QED) is 0.219. The van der Waals surface area contributed by atoms with Gasteiger partial charge in [0.25, 0.3) is 0 Å². The van der Waals surface area contributed by atoms with E-state index in [-0.39, 0.29) is 30.4 Å². The van der Waals surface area contributed by atoms with Gasteiger partial charge in [0.05, 0.1) is 12.0 Å². The Balaban J connectivity index is 1.68. The second-order valence-corrected chi connectivity index (χ2v) is 9.44. The molecule has 3 aliphatic rings. The second kappa shape index (κ2) is 14.5. The Bertz CT molecular complexity index is 579. The van der Waals surface area contributed by atoms with Crippen LogP contribution in [0, 0.1) is 11.8 Å². The van der Waals surface area contributed by atoms with Crippen LogP contribution in [0.2, 0.25) is 0 Å². The van der Waals surface area contributed by atoms with E-state index in [0.717, 1.165) is 58.0 Å². The van der Waals surface area contributed by atoms with Gasteiger partial charge in [-0.25, -0.2) is 0 Å². The molecule has 0 bridgehead atoms. The van der Waals surface area contributed by atoms with E-state index in [9.17, 15) is 4.79 Å². The van der Waals surface area contributed by atoms with Crippen LogP contribution in [0.1, 0.15) is 77.6 Å². The van der Waals surface area contributed by atoms with Crippen molar-refractivity contribution in [2.24, 2.45) is 11.8 Å².